The molecule has 1 aromatic heterocycles. The molecule has 1 atom stereocenters. The molecule has 1 aliphatic rings. The molecule has 186 valence electrons. The number of thiophene rings is 1. The Morgan fingerprint density at radius 2 is 1.78 bits per heavy atom. The molecule has 1 aliphatic heterocycles. The lowest BCUT2D eigenvalue weighted by atomic mass is 10.0. The van der Waals surface area contributed by atoms with Gasteiger partial charge in [-0.3, -0.25) is 19.3 Å². The number of carbonyl (C=O) groups excluding carboxylic acids is 3. The van der Waals surface area contributed by atoms with Crippen LogP contribution in [0.2, 0.25) is 0 Å². The summed E-state index contributed by atoms with van der Waals surface area (Å²) in [4.78, 5) is 40.5. The second-order valence-electron chi connectivity index (χ2n) is 8.61. The van der Waals surface area contributed by atoms with E-state index in [2.05, 4.69) is 5.32 Å². The minimum absolute atomic E-state index is 0.0641. The van der Waals surface area contributed by atoms with Crippen molar-refractivity contribution < 1.29 is 18.8 Å². The predicted molar refractivity (Wildman–Crippen MR) is 136 cm³/mol. The molecule has 1 unspecified atom stereocenters. The third-order valence-corrected chi connectivity index (χ3v) is 6.74. The maximum Gasteiger partial charge on any atom is 0.261 e. The first-order valence-electron chi connectivity index (χ1n) is 11.2. The van der Waals surface area contributed by atoms with Gasteiger partial charge in [-0.2, -0.15) is 0 Å². The van der Waals surface area contributed by atoms with Crippen molar-refractivity contribution in [1.82, 2.24) is 15.2 Å². The smallest absolute Gasteiger partial charge is 0.261 e. The van der Waals surface area contributed by atoms with Crippen LogP contribution in [0.25, 0.3) is 5.70 Å². The van der Waals surface area contributed by atoms with E-state index in [1.807, 2.05) is 0 Å². The highest BCUT2D eigenvalue weighted by atomic mass is 32.1. The van der Waals surface area contributed by atoms with Crippen LogP contribution in [0.4, 0.5) is 4.39 Å². The first-order chi connectivity index (χ1) is 17.2. The summed E-state index contributed by atoms with van der Waals surface area (Å²) in [5.41, 5.74) is 9.00. The Hall–Kier alpha value is -4.02. The largest absolute Gasteiger partial charge is 0.401 e. The Balaban J connectivity index is 1.58. The number of carbonyl (C=O) groups is 3. The van der Waals surface area contributed by atoms with Crippen LogP contribution >= 0.6 is 11.3 Å². The van der Waals surface area contributed by atoms with Crippen LogP contribution in [0.15, 0.2) is 65.7 Å². The van der Waals surface area contributed by atoms with Crippen molar-refractivity contribution in [2.75, 3.05) is 13.6 Å². The van der Waals surface area contributed by atoms with Crippen molar-refractivity contribution in [1.29, 1.82) is 0 Å². The summed E-state index contributed by atoms with van der Waals surface area (Å²) in [5.74, 6) is 4.23. The zero-order chi connectivity index (χ0) is 26.0. The number of nitrogens with one attached hydrogen (secondary N) is 1. The van der Waals surface area contributed by atoms with Crippen LogP contribution in [0, 0.1) is 5.82 Å². The van der Waals surface area contributed by atoms with E-state index in [1.54, 1.807) is 61.8 Å². The first kappa shape index (κ1) is 25.1. The number of allylic oxidation sites excluding steroid dienone is 1. The number of hydrogen-bond acceptors (Lipinski definition) is 7. The number of fused-ring (bicyclic) bond motifs is 1. The average Bonchev–Trinajstić information content (AvgIpc) is 3.38. The summed E-state index contributed by atoms with van der Waals surface area (Å²) in [5, 5.41) is 6.07. The fourth-order valence-corrected chi connectivity index (χ4v) is 5.08. The molecule has 36 heavy (non-hydrogen) atoms. The monoisotopic (exact) mass is 507 g/mol. The minimum atomic E-state index is -0.657. The molecule has 0 radical (unpaired) electrons. The van der Waals surface area contributed by atoms with E-state index < -0.39 is 29.6 Å². The highest BCUT2D eigenvalue weighted by Gasteiger charge is 2.36. The van der Waals surface area contributed by atoms with Crippen LogP contribution in [-0.4, -0.2) is 47.3 Å². The molecule has 0 fully saturated rings. The summed E-state index contributed by atoms with van der Waals surface area (Å²) in [6.45, 7) is 1.65. The number of hydrazine groups is 1. The van der Waals surface area contributed by atoms with Gasteiger partial charge in [0.2, 0.25) is 0 Å². The number of nitrogens with two attached hydrogens (primary N) is 2. The molecule has 2 aromatic carbocycles. The lowest BCUT2D eigenvalue weighted by Crippen LogP contribution is -2.46. The summed E-state index contributed by atoms with van der Waals surface area (Å²) < 4.78 is 13.8. The van der Waals surface area contributed by atoms with E-state index in [4.69, 9.17) is 11.6 Å². The fraction of sp³-hybridized carbons (Fsp3) is 0.192. The number of benzene rings is 2. The van der Waals surface area contributed by atoms with Gasteiger partial charge in [-0.1, -0.05) is 24.3 Å². The molecular weight excluding hydrogens is 481 g/mol. The van der Waals surface area contributed by atoms with Crippen molar-refractivity contribution in [3.8, 4) is 0 Å². The Morgan fingerprint density at radius 3 is 2.36 bits per heavy atom. The van der Waals surface area contributed by atoms with Gasteiger partial charge in [-0.25, -0.2) is 10.2 Å². The van der Waals surface area contributed by atoms with Crippen molar-refractivity contribution in [2.24, 2.45) is 11.6 Å². The Morgan fingerprint density at radius 1 is 1.11 bits per heavy atom. The van der Waals surface area contributed by atoms with Gasteiger partial charge in [0.15, 0.2) is 0 Å². The van der Waals surface area contributed by atoms with Gasteiger partial charge in [0, 0.05) is 30.2 Å². The molecule has 2 heterocycles. The van der Waals surface area contributed by atoms with E-state index in [-0.39, 0.29) is 13.0 Å². The summed E-state index contributed by atoms with van der Waals surface area (Å²) in [7, 11) is 1.65. The standard InChI is InChI=1S/C26H26FN5O3S/c1-15(28)23(31(2)29)17-12-22(36-14-17)24(33)30-19(11-16-6-5-7-18(27)10-16)13-32-25(34)20-8-3-4-9-21(20)26(32)35/h3-10,12,14,19H,11,13,28-29H2,1-2H3,(H,30,33)/b23-15-. The molecule has 5 N–H and O–H groups in total. The topological polar surface area (TPSA) is 122 Å². The number of imide groups is 1. The third kappa shape index (κ3) is 5.14. The number of rotatable bonds is 8. The van der Waals surface area contributed by atoms with Gasteiger partial charge in [0.1, 0.15) is 5.82 Å². The van der Waals surface area contributed by atoms with Crippen LogP contribution in [-0.2, 0) is 6.42 Å². The molecule has 4 rings (SSSR count). The van der Waals surface area contributed by atoms with Gasteiger partial charge in [-0.15, -0.1) is 11.3 Å². The van der Waals surface area contributed by atoms with Crippen molar-refractivity contribution in [3.05, 3.63) is 98.6 Å². The average molecular weight is 508 g/mol. The van der Waals surface area contributed by atoms with E-state index in [0.717, 1.165) is 4.90 Å². The SMILES string of the molecule is C/C(N)=C(\c1csc(C(=O)NC(Cc2cccc(F)c2)CN2C(=O)c3ccccc3C2=O)c1)N(C)N. The summed E-state index contributed by atoms with van der Waals surface area (Å²) >= 11 is 1.21. The lowest BCUT2D eigenvalue weighted by Gasteiger charge is -2.24. The number of amides is 3. The Bertz CT molecular complexity index is 1330. The molecule has 3 aromatic rings. The van der Waals surface area contributed by atoms with Crippen LogP contribution in [0.5, 0.6) is 0 Å². The maximum atomic E-state index is 13.8. The zero-order valence-electron chi connectivity index (χ0n) is 19.8. The molecule has 0 aliphatic carbocycles. The number of hydrogen-bond donors (Lipinski definition) is 3. The van der Waals surface area contributed by atoms with Crippen LogP contribution in [0.1, 0.15) is 48.4 Å². The van der Waals surface area contributed by atoms with E-state index in [1.165, 1.54) is 28.5 Å². The molecular formula is C26H26FN5O3S. The van der Waals surface area contributed by atoms with Crippen LogP contribution < -0.4 is 16.9 Å². The lowest BCUT2D eigenvalue weighted by molar-refractivity contribution is 0.0629. The Kier molecular flexibility index (Phi) is 7.18. The molecule has 0 saturated heterocycles. The quantitative estimate of drug-likeness (QED) is 0.245. The highest BCUT2D eigenvalue weighted by Crippen LogP contribution is 2.26. The van der Waals surface area contributed by atoms with E-state index in [9.17, 15) is 18.8 Å². The van der Waals surface area contributed by atoms with Gasteiger partial charge in [-0.05, 0) is 49.2 Å². The van der Waals surface area contributed by atoms with Gasteiger partial charge in [0.05, 0.1) is 27.7 Å². The van der Waals surface area contributed by atoms with Crippen molar-refractivity contribution in [3.63, 3.8) is 0 Å². The highest BCUT2D eigenvalue weighted by molar-refractivity contribution is 7.12. The summed E-state index contributed by atoms with van der Waals surface area (Å²) in [6.07, 6.45) is 0.216. The second kappa shape index (κ2) is 10.3. The molecule has 0 spiro atoms. The fourth-order valence-electron chi connectivity index (χ4n) is 4.28. The normalized spacial score (nSPS) is 14.4. The first-order valence-corrected chi connectivity index (χ1v) is 12.1. The van der Waals surface area contributed by atoms with Crippen molar-refractivity contribution >= 4 is 34.8 Å². The zero-order valence-corrected chi connectivity index (χ0v) is 20.6. The molecule has 10 heteroatoms. The van der Waals surface area contributed by atoms with E-state index in [0.29, 0.717) is 38.5 Å². The van der Waals surface area contributed by atoms with Crippen molar-refractivity contribution in [2.45, 2.75) is 19.4 Å². The minimum Gasteiger partial charge on any atom is -0.401 e. The number of halogens is 1. The van der Waals surface area contributed by atoms with E-state index >= 15 is 0 Å². The van der Waals surface area contributed by atoms with Crippen LogP contribution in [0.3, 0.4) is 0 Å². The molecule has 0 bridgehead atoms. The predicted octanol–water partition coefficient (Wildman–Crippen LogP) is 2.98. The molecule has 0 saturated carbocycles. The number of nitrogens with zero attached hydrogens (tertiary/aromatic N) is 2. The third-order valence-electron chi connectivity index (χ3n) is 5.81. The van der Waals surface area contributed by atoms with Gasteiger partial charge < -0.3 is 16.1 Å². The molecule has 8 nitrogen and oxygen atoms in total. The Labute approximate surface area is 212 Å². The van der Waals surface area contributed by atoms with Gasteiger partial charge in [0.25, 0.3) is 17.7 Å². The second-order valence-corrected chi connectivity index (χ2v) is 9.52. The maximum absolute atomic E-state index is 13.8. The van der Waals surface area contributed by atoms with Gasteiger partial charge >= 0.3 is 0 Å². The molecule has 3 amide bonds. The summed E-state index contributed by atoms with van der Waals surface area (Å²) in [6, 6.07) is 13.6.